The lowest BCUT2D eigenvalue weighted by atomic mass is 9.81. The van der Waals surface area contributed by atoms with Crippen LogP contribution in [0.3, 0.4) is 0 Å². The van der Waals surface area contributed by atoms with Gasteiger partial charge in [0.15, 0.2) is 0 Å². The largest absolute Gasteiger partial charge is 0.337 e. The fourth-order valence-corrected chi connectivity index (χ4v) is 1.93. The topological polar surface area (TPSA) is 41.1 Å². The van der Waals surface area contributed by atoms with Crippen LogP contribution in [0, 0.1) is 0 Å². The summed E-state index contributed by atoms with van der Waals surface area (Å²) in [5.74, 6) is 0. The van der Waals surface area contributed by atoms with Gasteiger partial charge in [0.2, 0.25) is 0 Å². The van der Waals surface area contributed by atoms with E-state index in [4.69, 9.17) is 11.6 Å². The summed E-state index contributed by atoms with van der Waals surface area (Å²) in [5, 5.41) is 6.32. The Bertz CT molecular complexity index is 382. The molecule has 0 atom stereocenters. The van der Waals surface area contributed by atoms with Crippen molar-refractivity contribution in [3.63, 3.8) is 0 Å². The van der Waals surface area contributed by atoms with Gasteiger partial charge in [0.05, 0.1) is 0 Å². The van der Waals surface area contributed by atoms with Crippen molar-refractivity contribution in [3.8, 4) is 0 Å². The Balaban J connectivity index is 2.25. The molecule has 2 N–H and O–H groups in total. The minimum Gasteiger partial charge on any atom is -0.337 e. The molecule has 80 valence electrons. The number of nitrogens with one attached hydrogen (secondary N) is 2. The van der Waals surface area contributed by atoms with E-state index in [1.165, 1.54) is 0 Å². The smallest absolute Gasteiger partial charge is 0.314 e. The molecule has 1 aliphatic rings. The molecular weight excluding hydrogens is 212 g/mol. The standard InChI is InChI=1S/C11H13ClN2O/c1-11(6-13-10(15)14-7-11)8-3-2-4-9(12)5-8/h2-5H,6-7H2,1H3,(H2,13,14,15). The van der Waals surface area contributed by atoms with Gasteiger partial charge in [0.1, 0.15) is 0 Å². The average Bonchev–Trinajstić information content (AvgIpc) is 2.23. The molecule has 2 rings (SSSR count). The molecule has 0 aliphatic carbocycles. The van der Waals surface area contributed by atoms with Crippen molar-refractivity contribution in [2.45, 2.75) is 12.3 Å². The Morgan fingerprint density at radius 2 is 2.00 bits per heavy atom. The molecule has 0 saturated carbocycles. The van der Waals surface area contributed by atoms with E-state index in [0.29, 0.717) is 13.1 Å². The van der Waals surface area contributed by atoms with Crippen molar-refractivity contribution >= 4 is 17.6 Å². The quantitative estimate of drug-likeness (QED) is 0.752. The summed E-state index contributed by atoms with van der Waals surface area (Å²) in [6.07, 6.45) is 0. The van der Waals surface area contributed by atoms with E-state index in [1.54, 1.807) is 0 Å². The number of urea groups is 1. The van der Waals surface area contributed by atoms with Crippen LogP contribution >= 0.6 is 11.6 Å². The van der Waals surface area contributed by atoms with Crippen LogP contribution in [0.2, 0.25) is 5.02 Å². The van der Waals surface area contributed by atoms with Crippen LogP contribution in [0.25, 0.3) is 0 Å². The van der Waals surface area contributed by atoms with Crippen LogP contribution in [-0.4, -0.2) is 19.1 Å². The van der Waals surface area contributed by atoms with Crippen molar-refractivity contribution in [1.29, 1.82) is 0 Å². The van der Waals surface area contributed by atoms with Crippen LogP contribution in [0.4, 0.5) is 4.79 Å². The van der Waals surface area contributed by atoms with Gasteiger partial charge in [0, 0.05) is 23.5 Å². The van der Waals surface area contributed by atoms with E-state index in [9.17, 15) is 4.79 Å². The normalized spacial score (nSPS) is 19.2. The Morgan fingerprint density at radius 3 is 2.60 bits per heavy atom. The highest BCUT2D eigenvalue weighted by Crippen LogP contribution is 2.26. The molecule has 1 aromatic rings. The minimum absolute atomic E-state index is 0.0845. The van der Waals surface area contributed by atoms with Gasteiger partial charge in [-0.15, -0.1) is 0 Å². The number of halogens is 1. The van der Waals surface area contributed by atoms with Crippen LogP contribution in [0.1, 0.15) is 12.5 Å². The maximum Gasteiger partial charge on any atom is 0.314 e. The van der Waals surface area contributed by atoms with Crippen molar-refractivity contribution < 1.29 is 4.79 Å². The number of carbonyl (C=O) groups is 1. The van der Waals surface area contributed by atoms with Crippen molar-refractivity contribution in [3.05, 3.63) is 34.9 Å². The van der Waals surface area contributed by atoms with Crippen LogP contribution in [0.5, 0.6) is 0 Å². The zero-order valence-electron chi connectivity index (χ0n) is 8.51. The number of hydrogen-bond donors (Lipinski definition) is 2. The van der Waals surface area contributed by atoms with Crippen molar-refractivity contribution in [2.24, 2.45) is 0 Å². The molecule has 0 unspecified atom stereocenters. The maximum absolute atomic E-state index is 11.0. The second-order valence-electron chi connectivity index (χ2n) is 4.11. The van der Waals surface area contributed by atoms with Gasteiger partial charge < -0.3 is 10.6 Å². The Morgan fingerprint density at radius 1 is 1.33 bits per heavy atom. The first-order chi connectivity index (χ1) is 7.10. The van der Waals surface area contributed by atoms with Gasteiger partial charge in [-0.05, 0) is 17.7 Å². The van der Waals surface area contributed by atoms with Crippen LogP contribution in [0.15, 0.2) is 24.3 Å². The van der Waals surface area contributed by atoms with E-state index in [1.807, 2.05) is 24.3 Å². The molecule has 15 heavy (non-hydrogen) atoms. The summed E-state index contributed by atoms with van der Waals surface area (Å²) in [6, 6.07) is 7.66. The highest BCUT2D eigenvalue weighted by atomic mass is 35.5. The third-order valence-corrected chi connectivity index (χ3v) is 3.03. The van der Waals surface area contributed by atoms with Gasteiger partial charge in [-0.1, -0.05) is 30.7 Å². The molecule has 0 aromatic heterocycles. The molecule has 4 heteroatoms. The van der Waals surface area contributed by atoms with Crippen LogP contribution < -0.4 is 10.6 Å². The zero-order chi connectivity index (χ0) is 10.9. The first-order valence-electron chi connectivity index (χ1n) is 4.88. The van der Waals surface area contributed by atoms with E-state index < -0.39 is 0 Å². The van der Waals surface area contributed by atoms with E-state index in [-0.39, 0.29) is 11.4 Å². The first-order valence-corrected chi connectivity index (χ1v) is 5.26. The first kappa shape index (κ1) is 10.3. The second kappa shape index (κ2) is 3.74. The molecular formula is C11H13ClN2O. The molecule has 1 fully saturated rings. The van der Waals surface area contributed by atoms with Crippen LogP contribution in [-0.2, 0) is 5.41 Å². The summed E-state index contributed by atoms with van der Waals surface area (Å²) in [5.41, 5.74) is 1.06. The van der Waals surface area contributed by atoms with Gasteiger partial charge in [-0.2, -0.15) is 0 Å². The Labute approximate surface area is 93.8 Å². The molecule has 1 aliphatic heterocycles. The van der Waals surface area contributed by atoms with Gasteiger partial charge >= 0.3 is 6.03 Å². The Hall–Kier alpha value is -1.22. The molecule has 1 saturated heterocycles. The number of hydrogen-bond acceptors (Lipinski definition) is 1. The third kappa shape index (κ3) is 2.07. The Kier molecular flexibility index (Phi) is 2.57. The van der Waals surface area contributed by atoms with Gasteiger partial charge in [0.25, 0.3) is 0 Å². The molecule has 3 nitrogen and oxygen atoms in total. The number of carbonyl (C=O) groups excluding carboxylic acids is 1. The molecule has 0 spiro atoms. The highest BCUT2D eigenvalue weighted by molar-refractivity contribution is 6.30. The summed E-state index contributed by atoms with van der Waals surface area (Å²) in [6.45, 7) is 3.38. The number of benzene rings is 1. The van der Waals surface area contributed by atoms with Crippen molar-refractivity contribution in [1.82, 2.24) is 10.6 Å². The molecule has 0 bridgehead atoms. The predicted octanol–water partition coefficient (Wildman–Crippen LogP) is 1.91. The summed E-state index contributed by atoms with van der Waals surface area (Å²) >= 11 is 5.95. The van der Waals surface area contributed by atoms with E-state index in [2.05, 4.69) is 17.6 Å². The predicted molar refractivity (Wildman–Crippen MR) is 60.2 cm³/mol. The van der Waals surface area contributed by atoms with E-state index in [0.717, 1.165) is 10.6 Å². The lowest BCUT2D eigenvalue weighted by Gasteiger charge is -2.34. The summed E-state index contributed by atoms with van der Waals surface area (Å²) in [4.78, 5) is 11.0. The molecule has 1 aromatic carbocycles. The van der Waals surface area contributed by atoms with Crippen molar-refractivity contribution in [2.75, 3.05) is 13.1 Å². The lowest BCUT2D eigenvalue weighted by molar-refractivity contribution is 0.225. The fraction of sp³-hybridized carbons (Fsp3) is 0.364. The molecule has 2 amide bonds. The number of rotatable bonds is 1. The minimum atomic E-state index is -0.102. The third-order valence-electron chi connectivity index (χ3n) is 2.80. The SMILES string of the molecule is CC1(c2cccc(Cl)c2)CNC(=O)NC1. The molecule has 0 radical (unpaired) electrons. The highest BCUT2D eigenvalue weighted by Gasteiger charge is 2.31. The second-order valence-corrected chi connectivity index (χ2v) is 4.54. The zero-order valence-corrected chi connectivity index (χ0v) is 9.27. The number of amides is 2. The summed E-state index contributed by atoms with van der Waals surface area (Å²) in [7, 11) is 0. The lowest BCUT2D eigenvalue weighted by Crippen LogP contribution is -2.55. The summed E-state index contributed by atoms with van der Waals surface area (Å²) < 4.78 is 0. The fourth-order valence-electron chi connectivity index (χ4n) is 1.74. The van der Waals surface area contributed by atoms with Gasteiger partial charge in [-0.25, -0.2) is 4.79 Å². The van der Waals surface area contributed by atoms with Gasteiger partial charge in [-0.3, -0.25) is 0 Å². The maximum atomic E-state index is 11.0. The average molecular weight is 225 g/mol. The molecule has 1 heterocycles. The van der Waals surface area contributed by atoms with E-state index >= 15 is 0 Å². The monoisotopic (exact) mass is 224 g/mol.